The average Bonchev–Trinajstić information content (AvgIpc) is 3.45. The van der Waals surface area contributed by atoms with Crippen LogP contribution in [0, 0.1) is 23.7 Å². The highest BCUT2D eigenvalue weighted by Gasteiger charge is 2.44. The first-order valence-electron chi connectivity index (χ1n) is 9.06. The highest BCUT2D eigenvalue weighted by molar-refractivity contribution is 7.10. The minimum Gasteiger partial charge on any atom is -0.334 e. The third-order valence-corrected chi connectivity index (χ3v) is 5.60. The van der Waals surface area contributed by atoms with Crippen molar-refractivity contribution in [3.05, 3.63) is 64.1 Å². The molecule has 0 saturated heterocycles. The topological polar surface area (TPSA) is 90.7 Å². The summed E-state index contributed by atoms with van der Waals surface area (Å²) < 4.78 is 0. The van der Waals surface area contributed by atoms with Crippen molar-refractivity contribution >= 4 is 23.2 Å². The second-order valence-corrected chi connectivity index (χ2v) is 7.67. The molecule has 2 amide bonds. The first-order valence-corrected chi connectivity index (χ1v) is 9.94. The number of nitrogens with one attached hydrogen (secondary N) is 2. The molecule has 2 N–H and O–H groups in total. The summed E-state index contributed by atoms with van der Waals surface area (Å²) in [5, 5.41) is 17.0. The Labute approximate surface area is 172 Å². The van der Waals surface area contributed by atoms with Crippen molar-refractivity contribution in [1.82, 2.24) is 15.3 Å². The zero-order valence-electron chi connectivity index (χ0n) is 15.5. The fraction of sp³-hybridized carbons (Fsp3) is 0.182. The molecule has 1 fully saturated rings. The van der Waals surface area contributed by atoms with Gasteiger partial charge in [0.05, 0.1) is 17.2 Å². The van der Waals surface area contributed by atoms with Crippen molar-refractivity contribution in [1.29, 1.82) is 5.26 Å². The van der Waals surface area contributed by atoms with E-state index in [1.54, 1.807) is 11.6 Å². The number of amides is 2. The number of nitrogens with zero attached hydrogens (tertiary/aromatic N) is 3. The Bertz CT molecular complexity index is 1130. The lowest BCUT2D eigenvalue weighted by Crippen LogP contribution is -2.28. The summed E-state index contributed by atoms with van der Waals surface area (Å²) >= 11 is 1.30. The molecule has 1 aromatic carbocycles. The maximum Gasteiger partial charge on any atom is 0.320 e. The van der Waals surface area contributed by atoms with Gasteiger partial charge in [0.15, 0.2) is 5.01 Å². The summed E-state index contributed by atoms with van der Waals surface area (Å²) in [5.74, 6) is 2.86. The van der Waals surface area contributed by atoms with Gasteiger partial charge in [-0.2, -0.15) is 5.26 Å². The van der Waals surface area contributed by atoms with Gasteiger partial charge in [-0.15, -0.1) is 17.8 Å². The molecule has 2 aromatic heterocycles. The Morgan fingerprint density at radius 3 is 2.83 bits per heavy atom. The number of anilines is 1. The molecule has 7 heteroatoms. The summed E-state index contributed by atoms with van der Waals surface area (Å²) in [6, 6.07) is 13.9. The van der Waals surface area contributed by atoms with Crippen LogP contribution >= 0.6 is 11.3 Å². The van der Waals surface area contributed by atoms with Crippen molar-refractivity contribution in [2.24, 2.45) is 0 Å². The second kappa shape index (κ2) is 7.75. The average molecular weight is 399 g/mol. The van der Waals surface area contributed by atoms with E-state index in [0.29, 0.717) is 17.4 Å². The highest BCUT2D eigenvalue weighted by Crippen LogP contribution is 2.48. The minimum atomic E-state index is -0.359. The van der Waals surface area contributed by atoms with Crippen LogP contribution in [-0.4, -0.2) is 16.0 Å². The third kappa shape index (κ3) is 4.11. The number of hydrogen-bond acceptors (Lipinski definition) is 5. The normalized spacial score (nSPS) is 13.7. The number of benzene rings is 1. The van der Waals surface area contributed by atoms with E-state index in [-0.39, 0.29) is 11.4 Å². The van der Waals surface area contributed by atoms with Crippen LogP contribution in [0.3, 0.4) is 0 Å². The van der Waals surface area contributed by atoms with Crippen LogP contribution < -0.4 is 10.6 Å². The number of pyridine rings is 1. The van der Waals surface area contributed by atoms with Gasteiger partial charge in [-0.3, -0.25) is 10.3 Å². The lowest BCUT2D eigenvalue weighted by Gasteiger charge is -2.09. The molecule has 6 nitrogen and oxygen atoms in total. The third-order valence-electron chi connectivity index (χ3n) is 4.82. The molecule has 0 aliphatic heterocycles. The number of nitriles is 1. The van der Waals surface area contributed by atoms with Gasteiger partial charge >= 0.3 is 6.03 Å². The Morgan fingerprint density at radius 1 is 1.31 bits per heavy atom. The van der Waals surface area contributed by atoms with Crippen LogP contribution in [-0.2, 0) is 12.0 Å². The molecule has 2 heterocycles. The molecular weight excluding hydrogens is 382 g/mol. The van der Waals surface area contributed by atoms with E-state index in [4.69, 9.17) is 6.42 Å². The van der Waals surface area contributed by atoms with E-state index >= 15 is 0 Å². The van der Waals surface area contributed by atoms with Crippen molar-refractivity contribution in [3.8, 4) is 29.7 Å². The van der Waals surface area contributed by atoms with Gasteiger partial charge in [-0.1, -0.05) is 24.3 Å². The summed E-state index contributed by atoms with van der Waals surface area (Å²) in [7, 11) is 0. The number of aromatic nitrogens is 2. The predicted octanol–water partition coefficient (Wildman–Crippen LogP) is 4.06. The van der Waals surface area contributed by atoms with E-state index in [2.05, 4.69) is 32.6 Å². The van der Waals surface area contributed by atoms with Crippen LogP contribution in [0.15, 0.2) is 48.0 Å². The van der Waals surface area contributed by atoms with Crippen LogP contribution in [0.2, 0.25) is 0 Å². The van der Waals surface area contributed by atoms with Crippen LogP contribution in [0.4, 0.5) is 10.6 Å². The molecule has 0 spiro atoms. The molecule has 0 bridgehead atoms. The maximum atomic E-state index is 12.0. The smallest absolute Gasteiger partial charge is 0.320 e. The Morgan fingerprint density at radius 2 is 2.17 bits per heavy atom. The molecule has 0 unspecified atom stereocenters. The predicted molar refractivity (Wildman–Crippen MR) is 112 cm³/mol. The second-order valence-electron chi connectivity index (χ2n) is 6.82. The standard InChI is InChI=1S/C22H17N5OS/c1-2-20-26-19(13-29-20)27-21(28)25-12-15-6-7-18(24-11-15)16-4-3-5-17(10-16)22(14-23)8-9-22/h1,3-7,10-11,13H,8-9,12H2,(H2,25,27,28). The molecule has 1 aliphatic rings. The largest absolute Gasteiger partial charge is 0.334 e. The minimum absolute atomic E-state index is 0.314. The maximum absolute atomic E-state index is 12.0. The highest BCUT2D eigenvalue weighted by atomic mass is 32.1. The lowest BCUT2D eigenvalue weighted by molar-refractivity contribution is 0.251. The van der Waals surface area contributed by atoms with Crippen molar-refractivity contribution < 1.29 is 4.79 Å². The summed E-state index contributed by atoms with van der Waals surface area (Å²) in [6.07, 6.45) is 8.84. The monoisotopic (exact) mass is 399 g/mol. The molecule has 1 aliphatic carbocycles. The van der Waals surface area contributed by atoms with Crippen molar-refractivity contribution in [2.75, 3.05) is 5.32 Å². The van der Waals surface area contributed by atoms with E-state index in [0.717, 1.165) is 35.2 Å². The Hall–Kier alpha value is -3.68. The molecule has 3 aromatic rings. The fourth-order valence-corrected chi connectivity index (χ4v) is 3.56. The van der Waals surface area contributed by atoms with Gasteiger partial charge in [0.25, 0.3) is 0 Å². The summed E-state index contributed by atoms with van der Waals surface area (Å²) in [6.45, 7) is 0.336. The number of rotatable bonds is 5. The molecular formula is C22H17N5OS. The number of carbonyl (C=O) groups excluding carboxylic acids is 1. The van der Waals surface area contributed by atoms with Gasteiger partial charge in [-0.05, 0) is 42.0 Å². The fourth-order valence-electron chi connectivity index (χ4n) is 3.01. The number of thiazole rings is 1. The summed E-state index contributed by atoms with van der Waals surface area (Å²) in [5.41, 5.74) is 3.42. The van der Waals surface area contributed by atoms with E-state index in [1.165, 1.54) is 11.3 Å². The van der Waals surface area contributed by atoms with Gasteiger partial charge in [0.2, 0.25) is 0 Å². The Balaban J connectivity index is 1.37. The lowest BCUT2D eigenvalue weighted by atomic mass is 9.95. The molecule has 1 saturated carbocycles. The molecule has 29 heavy (non-hydrogen) atoms. The summed E-state index contributed by atoms with van der Waals surface area (Å²) in [4.78, 5) is 20.6. The van der Waals surface area contributed by atoms with E-state index in [9.17, 15) is 10.1 Å². The zero-order chi connectivity index (χ0) is 20.3. The van der Waals surface area contributed by atoms with Crippen LogP contribution in [0.5, 0.6) is 0 Å². The number of terminal acetylenes is 1. The van der Waals surface area contributed by atoms with E-state index < -0.39 is 0 Å². The van der Waals surface area contributed by atoms with Crippen molar-refractivity contribution in [2.45, 2.75) is 24.8 Å². The van der Waals surface area contributed by atoms with Crippen molar-refractivity contribution in [3.63, 3.8) is 0 Å². The number of urea groups is 1. The quantitative estimate of drug-likeness (QED) is 0.633. The Kier molecular flexibility index (Phi) is 4.99. The van der Waals surface area contributed by atoms with Crippen LogP contribution in [0.1, 0.15) is 29.0 Å². The van der Waals surface area contributed by atoms with E-state index in [1.807, 2.05) is 36.4 Å². The number of carbonyl (C=O) groups is 1. The van der Waals surface area contributed by atoms with Crippen LogP contribution in [0.25, 0.3) is 11.3 Å². The molecule has 0 atom stereocenters. The van der Waals surface area contributed by atoms with Gasteiger partial charge < -0.3 is 5.32 Å². The zero-order valence-corrected chi connectivity index (χ0v) is 16.3. The SMILES string of the molecule is C#Cc1nc(NC(=O)NCc2ccc(-c3cccc(C4(C#N)CC4)c3)nc2)cs1. The number of hydrogen-bond donors (Lipinski definition) is 2. The van der Waals surface area contributed by atoms with Gasteiger partial charge in [0, 0.05) is 23.7 Å². The van der Waals surface area contributed by atoms with Gasteiger partial charge in [0.1, 0.15) is 5.82 Å². The van der Waals surface area contributed by atoms with Gasteiger partial charge in [-0.25, -0.2) is 9.78 Å². The first kappa shape index (κ1) is 18.7. The molecule has 0 radical (unpaired) electrons. The molecule has 142 valence electrons. The first-order chi connectivity index (χ1) is 14.1. The molecule has 4 rings (SSSR count).